The van der Waals surface area contributed by atoms with Crippen LogP contribution in [-0.4, -0.2) is 218 Å². The number of hydrogen-bond donors (Lipinski definition) is 4. The molecule has 6 fully saturated rings. The van der Waals surface area contributed by atoms with Crippen molar-refractivity contribution in [1.82, 2.24) is 49.8 Å². The van der Waals surface area contributed by atoms with Gasteiger partial charge in [0.2, 0.25) is 11.8 Å². The Morgan fingerprint density at radius 3 is 1.17 bits per heavy atom. The number of hydrogen-bond acceptors (Lipinski definition) is 27. The number of carbonyl (C=O) groups excluding carboxylic acids is 7. The number of anilines is 1. The summed E-state index contributed by atoms with van der Waals surface area (Å²) >= 11 is 27.4. The van der Waals surface area contributed by atoms with Crippen molar-refractivity contribution in [3.8, 4) is 23.0 Å². The molecule has 6 aliphatic rings. The van der Waals surface area contributed by atoms with Crippen molar-refractivity contribution < 1.29 is 91.1 Å². The Morgan fingerprint density at radius 2 is 0.833 bits per heavy atom. The molecule has 2 saturated carbocycles. The highest BCUT2D eigenvalue weighted by Gasteiger charge is 2.49. The van der Waals surface area contributed by atoms with Crippen LogP contribution in [0.4, 0.5) is 5.82 Å². The van der Waals surface area contributed by atoms with E-state index in [1.807, 2.05) is 41.5 Å². The Labute approximate surface area is 763 Å². The number of ether oxygens (including phenoxy) is 9. The van der Waals surface area contributed by atoms with Gasteiger partial charge in [0.1, 0.15) is 113 Å². The van der Waals surface area contributed by atoms with E-state index in [-0.39, 0.29) is 117 Å². The molecule has 0 aromatic carbocycles. The van der Waals surface area contributed by atoms with E-state index in [1.54, 1.807) is 122 Å². The number of aliphatic carboxylic acids is 1. The third-order valence-corrected chi connectivity index (χ3v) is 22.4. The lowest BCUT2D eigenvalue weighted by Crippen LogP contribution is -2.47. The third kappa shape index (κ3) is 34.4. The van der Waals surface area contributed by atoms with Gasteiger partial charge in [-0.05, 0) is 197 Å². The molecule has 0 bridgehead atoms. The Balaban J connectivity index is 0.000000272. The molecule has 2 amide bonds. The topological polar surface area (TPSA) is 385 Å². The van der Waals surface area contributed by atoms with Gasteiger partial charge in [0, 0.05) is 110 Å². The van der Waals surface area contributed by atoms with E-state index in [0.29, 0.717) is 79.3 Å². The maximum atomic E-state index is 13.7. The monoisotopic (exact) mass is 2070 g/mol. The zero-order valence-corrected chi connectivity index (χ0v) is 79.1. The Kier molecular flexibility index (Phi) is 43.9. The van der Waals surface area contributed by atoms with Gasteiger partial charge >= 0.3 is 42.9 Å². The zero-order chi connectivity index (χ0) is 86.6. The van der Waals surface area contributed by atoms with Crippen LogP contribution in [0.5, 0.6) is 23.0 Å². The molecule has 5 N–H and O–H groups in total. The SMILES string of the molecule is CC(C)(C)[C@H](CC(=O)OC1CCCC1)C(=O)N1C[C@H](Oc2ccnc(Br)c2)C[C@H]1C(=O)O.COC(=O)[C@@H]1C[C@@H](Oc2ccnc(Br)c2)CN1.COC(=O)[C@@H]1C[C@@H](Oc2ccnc(Br)c2)CN1B(C)O.COC(=O)[C@@H]1C[C@@H](Oc2ccnc(Br)c2)CN1C(=O)[C@@H](CC(=O)OC1CCCC1)C(C)(C)C.Cl.Cl.Clc1ccnc(Br)c1.Nc1cc(Cl)ccn1. The first-order chi connectivity index (χ1) is 55.9. The fraction of sp³-hybridized carbons (Fsp3) is 0.525. The number of carbonyl (C=O) groups is 8. The van der Waals surface area contributed by atoms with Crippen LogP contribution in [0.25, 0.3) is 0 Å². The number of esters is 5. The smallest absolute Gasteiger partial charge is 0.377 e. The maximum absolute atomic E-state index is 13.7. The van der Waals surface area contributed by atoms with Gasteiger partial charge < -0.3 is 78.4 Å². The molecule has 658 valence electrons. The minimum Gasteiger partial charge on any atom is -0.489 e. The molecule has 10 atom stereocenters. The molecule has 4 saturated heterocycles. The first-order valence-corrected chi connectivity index (χ1v) is 43.0. The van der Waals surface area contributed by atoms with Gasteiger partial charge in [-0.2, -0.15) is 0 Å². The van der Waals surface area contributed by atoms with Gasteiger partial charge in [-0.1, -0.05) is 64.7 Å². The van der Waals surface area contributed by atoms with Crippen LogP contribution in [0, 0.1) is 22.7 Å². The molecular formula is C80H103BBr5Cl4N11O19. The summed E-state index contributed by atoms with van der Waals surface area (Å²) in [6.07, 6.45) is 17.7. The minimum absolute atomic E-state index is 0. The fourth-order valence-electron chi connectivity index (χ4n) is 13.8. The van der Waals surface area contributed by atoms with Gasteiger partial charge in [0.15, 0.2) is 0 Å². The predicted octanol–water partition coefficient (Wildman–Crippen LogP) is 14.5. The lowest BCUT2D eigenvalue weighted by Gasteiger charge is -2.34. The highest BCUT2D eigenvalue weighted by molar-refractivity contribution is 9.11. The number of nitrogens with two attached hydrogens (primary N) is 1. The number of methoxy groups -OCH3 is 3. The largest absolute Gasteiger partial charge is 0.489 e. The van der Waals surface area contributed by atoms with Crippen LogP contribution < -0.4 is 30.0 Å². The molecule has 0 spiro atoms. The van der Waals surface area contributed by atoms with Crippen LogP contribution in [-0.2, 0) is 62.0 Å². The van der Waals surface area contributed by atoms with Crippen molar-refractivity contribution >= 4 is 188 Å². The number of amides is 2. The highest BCUT2D eigenvalue weighted by Crippen LogP contribution is 2.38. The number of nitrogens with one attached hydrogen (secondary N) is 1. The summed E-state index contributed by atoms with van der Waals surface area (Å²) in [5, 5.41) is 23.9. The number of aromatic nitrogens is 6. The summed E-state index contributed by atoms with van der Waals surface area (Å²) in [6, 6.07) is 18.1. The van der Waals surface area contributed by atoms with E-state index >= 15 is 0 Å². The Morgan fingerprint density at radius 1 is 0.492 bits per heavy atom. The second-order valence-electron chi connectivity index (χ2n) is 30.6. The fourth-order valence-corrected chi connectivity index (χ4v) is 16.0. The summed E-state index contributed by atoms with van der Waals surface area (Å²) in [4.78, 5) is 128. The van der Waals surface area contributed by atoms with E-state index in [9.17, 15) is 48.5 Å². The summed E-state index contributed by atoms with van der Waals surface area (Å²) < 4.78 is 52.6. The summed E-state index contributed by atoms with van der Waals surface area (Å²) in [7, 11) is 3.31. The first-order valence-electron chi connectivity index (χ1n) is 38.3. The van der Waals surface area contributed by atoms with Crippen molar-refractivity contribution in [2.75, 3.05) is 53.2 Å². The molecule has 6 aromatic heterocycles. The Hall–Kier alpha value is -6.84. The summed E-state index contributed by atoms with van der Waals surface area (Å²) in [5.41, 5.74) is 4.23. The second-order valence-corrected chi connectivity index (χ2v) is 35.6. The molecule has 2 aliphatic carbocycles. The van der Waals surface area contributed by atoms with Crippen LogP contribution in [0.1, 0.15) is 131 Å². The number of nitrogen functional groups attached to an aromatic ring is 1. The molecule has 4 aliphatic heterocycles. The van der Waals surface area contributed by atoms with Gasteiger partial charge in [0.05, 0.1) is 59.1 Å². The zero-order valence-electron chi connectivity index (χ0n) is 68.0. The lowest BCUT2D eigenvalue weighted by molar-refractivity contribution is -0.158. The summed E-state index contributed by atoms with van der Waals surface area (Å²) in [6.45, 7) is 14.5. The molecule has 30 nitrogen and oxygen atoms in total. The average Bonchev–Trinajstić information content (AvgIpc) is 1.62. The summed E-state index contributed by atoms with van der Waals surface area (Å²) in [5.74, 6) is -1.86. The van der Waals surface area contributed by atoms with E-state index in [1.165, 1.54) is 31.1 Å². The number of likely N-dealkylation sites (tertiary alicyclic amines) is 2. The van der Waals surface area contributed by atoms with Crippen molar-refractivity contribution in [3.63, 3.8) is 0 Å². The first kappa shape index (κ1) is 104. The number of nitrogens with zero attached hydrogens (tertiary/aromatic N) is 9. The highest BCUT2D eigenvalue weighted by atomic mass is 79.9. The molecular weight excluding hydrogens is 1970 g/mol. The lowest BCUT2D eigenvalue weighted by atomic mass is 9.77. The number of pyridine rings is 6. The molecule has 120 heavy (non-hydrogen) atoms. The quantitative estimate of drug-likeness (QED) is 0.0225. The number of rotatable bonds is 21. The molecule has 10 heterocycles. The number of carboxylic acid groups (broad SMARTS) is 1. The Bertz CT molecular complexity index is 4240. The maximum Gasteiger partial charge on any atom is 0.377 e. The standard InChI is InChI=1S/C24H33BrN2O6.C23H31BrN2O6.C12H16BBrN2O4.C11H13BrN2O3.C5H3BrClN.C5H5ClN2.2ClH/c1-24(2,3)18(13-21(28)33-15-7-5-6-8-15)22(29)27-14-17(11-19(27)23(30)31-4)32-16-9-10-26-20(25)12-16;1-23(2,3)17(12-20(27)32-14-6-4-5-7-14)21(28)26-13-16(10-18(26)22(29)30)31-15-8-9-25-19(24)11-15;1-13(18)16-7-9(5-10(16)12(17)19-2)20-8-3-4-15-11(14)6-8;1-16-11(15)9-4-8(6-14-9)17-7-2-3-13-10(12)5-7;6-5-3-4(7)1-2-8-5;6-4-1-2-8-5(7)3-4;;/h9-10,12,15,17-19H,5-8,11,13-14H2,1-4H3;8-9,11,14,16-18H,4-7,10,12-13H2,1-3H3,(H,29,30);3-4,6,9-10,18H,5,7H2,1-2H3;2-3,5,8-9,14H,4,6H2,1H3;1-3H;1-3H,(H2,7,8);2*1H/t17-,18-,19+;16-,17-,18+;9-,10+;8-,9+;;;;/m1111..../s1. The van der Waals surface area contributed by atoms with Crippen LogP contribution >= 0.6 is 128 Å². The average molecular weight is 2070 g/mol. The number of carboxylic acids is 1. The third-order valence-electron chi connectivity index (χ3n) is 19.7. The van der Waals surface area contributed by atoms with Crippen molar-refractivity contribution in [2.24, 2.45) is 22.7 Å². The molecule has 0 unspecified atom stereocenters. The van der Waals surface area contributed by atoms with Gasteiger partial charge in [-0.15, -0.1) is 24.8 Å². The number of halogens is 9. The second kappa shape index (κ2) is 50.8. The van der Waals surface area contributed by atoms with Crippen LogP contribution in [0.15, 0.2) is 133 Å². The molecule has 12 rings (SSSR count). The molecule has 40 heteroatoms. The van der Waals surface area contributed by atoms with E-state index in [4.69, 9.17) is 66.8 Å². The van der Waals surface area contributed by atoms with Crippen molar-refractivity contribution in [2.45, 2.75) is 199 Å². The normalized spacial score (nSPS) is 20.4. The van der Waals surface area contributed by atoms with Crippen LogP contribution in [0.2, 0.25) is 16.9 Å². The van der Waals surface area contributed by atoms with Crippen LogP contribution in [0.3, 0.4) is 0 Å². The van der Waals surface area contributed by atoms with Gasteiger partial charge in [-0.25, -0.2) is 39.5 Å². The van der Waals surface area contributed by atoms with Gasteiger partial charge in [-0.3, -0.25) is 28.8 Å². The van der Waals surface area contributed by atoms with E-state index in [2.05, 4.69) is 120 Å². The van der Waals surface area contributed by atoms with E-state index < -0.39 is 78.0 Å². The van der Waals surface area contributed by atoms with Crippen molar-refractivity contribution in [1.29, 1.82) is 0 Å². The molecule has 0 radical (unpaired) electrons. The minimum atomic E-state index is -1.08. The predicted molar refractivity (Wildman–Crippen MR) is 472 cm³/mol. The van der Waals surface area contributed by atoms with Gasteiger partial charge in [0.25, 0.3) is 0 Å². The van der Waals surface area contributed by atoms with E-state index in [0.717, 1.165) is 66.3 Å². The van der Waals surface area contributed by atoms with Crippen molar-refractivity contribution in [3.05, 3.63) is 143 Å². The molecule has 6 aromatic rings.